The molecule has 0 aromatic heterocycles. The van der Waals surface area contributed by atoms with Gasteiger partial charge in [-0.1, -0.05) is 48.5 Å². The second-order valence-electron chi connectivity index (χ2n) is 6.99. The molecule has 1 spiro atoms. The summed E-state index contributed by atoms with van der Waals surface area (Å²) in [6, 6.07) is 20.4. The van der Waals surface area contributed by atoms with Crippen LogP contribution >= 0.6 is 0 Å². The van der Waals surface area contributed by atoms with Gasteiger partial charge >= 0.3 is 0 Å². The number of rotatable bonds is 3. The molecule has 0 aliphatic carbocycles. The minimum atomic E-state index is -1.23. The second kappa shape index (κ2) is 6.77. The Labute approximate surface area is 172 Å². The molecule has 5 rings (SSSR count). The number of para-hydroxylation sites is 1. The SMILES string of the molecule is COc1cc([N+](=O)[O-])cc2c1OC1(C=C2)Oc2ccccc2C=C1c1ccccc1. The van der Waals surface area contributed by atoms with Crippen molar-refractivity contribution in [3.8, 4) is 17.2 Å². The molecular formula is C24H17NO5. The molecule has 0 saturated carbocycles. The molecule has 3 aromatic rings. The lowest BCUT2D eigenvalue weighted by atomic mass is 9.90. The number of nitro benzene ring substituents is 1. The van der Waals surface area contributed by atoms with E-state index in [1.165, 1.54) is 19.2 Å². The topological polar surface area (TPSA) is 70.8 Å². The zero-order chi connectivity index (χ0) is 20.7. The summed E-state index contributed by atoms with van der Waals surface area (Å²) in [5.74, 6) is 0.127. The number of benzene rings is 3. The zero-order valence-corrected chi connectivity index (χ0v) is 16.1. The first kappa shape index (κ1) is 18.0. The molecule has 6 heteroatoms. The van der Waals surface area contributed by atoms with Gasteiger partial charge in [-0.25, -0.2) is 0 Å². The van der Waals surface area contributed by atoms with Crippen LogP contribution in [0.4, 0.5) is 5.69 Å². The highest BCUT2D eigenvalue weighted by Gasteiger charge is 2.44. The summed E-state index contributed by atoms with van der Waals surface area (Å²) in [4.78, 5) is 10.8. The van der Waals surface area contributed by atoms with Crippen molar-refractivity contribution in [3.63, 3.8) is 0 Å². The van der Waals surface area contributed by atoms with Gasteiger partial charge in [0, 0.05) is 28.8 Å². The van der Waals surface area contributed by atoms with Gasteiger partial charge in [-0.3, -0.25) is 10.1 Å². The van der Waals surface area contributed by atoms with Gasteiger partial charge in [-0.15, -0.1) is 0 Å². The lowest BCUT2D eigenvalue weighted by molar-refractivity contribution is -0.385. The predicted molar refractivity (Wildman–Crippen MR) is 113 cm³/mol. The van der Waals surface area contributed by atoms with Crippen LogP contribution in [0.1, 0.15) is 16.7 Å². The molecule has 2 heterocycles. The van der Waals surface area contributed by atoms with Gasteiger partial charge in [0.05, 0.1) is 18.1 Å². The molecule has 2 aliphatic heterocycles. The smallest absolute Gasteiger partial charge is 0.299 e. The van der Waals surface area contributed by atoms with Crippen molar-refractivity contribution in [2.24, 2.45) is 0 Å². The van der Waals surface area contributed by atoms with Crippen LogP contribution in [-0.4, -0.2) is 17.8 Å². The third-order valence-electron chi connectivity index (χ3n) is 5.18. The van der Waals surface area contributed by atoms with Crippen LogP contribution in [0.15, 0.2) is 72.8 Å². The maximum absolute atomic E-state index is 11.3. The monoisotopic (exact) mass is 399 g/mol. The van der Waals surface area contributed by atoms with Crippen molar-refractivity contribution in [2.75, 3.05) is 7.11 Å². The minimum Gasteiger partial charge on any atom is -0.493 e. The van der Waals surface area contributed by atoms with E-state index in [1.807, 2.05) is 60.7 Å². The van der Waals surface area contributed by atoms with Crippen LogP contribution in [0.2, 0.25) is 0 Å². The van der Waals surface area contributed by atoms with Gasteiger partial charge in [-0.2, -0.15) is 0 Å². The molecule has 3 aromatic carbocycles. The molecule has 0 fully saturated rings. The lowest BCUT2D eigenvalue weighted by Gasteiger charge is -2.39. The zero-order valence-electron chi connectivity index (χ0n) is 16.1. The molecule has 6 nitrogen and oxygen atoms in total. The van der Waals surface area contributed by atoms with E-state index in [2.05, 4.69) is 0 Å². The second-order valence-corrected chi connectivity index (χ2v) is 6.99. The molecule has 148 valence electrons. The Morgan fingerprint density at radius 1 is 0.967 bits per heavy atom. The highest BCUT2D eigenvalue weighted by atomic mass is 16.7. The summed E-state index contributed by atoms with van der Waals surface area (Å²) in [5.41, 5.74) is 3.20. The van der Waals surface area contributed by atoms with Gasteiger partial charge < -0.3 is 14.2 Å². The number of nitrogens with zero attached hydrogens (tertiary/aromatic N) is 1. The summed E-state index contributed by atoms with van der Waals surface area (Å²) in [5, 5.41) is 11.3. The average molecular weight is 399 g/mol. The van der Waals surface area contributed by atoms with Gasteiger partial charge in [0.1, 0.15) is 5.75 Å². The number of ether oxygens (including phenoxy) is 3. The highest BCUT2D eigenvalue weighted by molar-refractivity contribution is 5.91. The van der Waals surface area contributed by atoms with Crippen LogP contribution in [-0.2, 0) is 0 Å². The van der Waals surface area contributed by atoms with Crippen molar-refractivity contribution < 1.29 is 19.1 Å². The standard InChI is InChI=1S/C24H17NO5/c1-28-22-15-19(25(26)27)13-18-11-12-24(30-23(18)22)20(16-7-3-2-4-8-16)14-17-9-5-6-10-21(17)29-24/h2-15H,1H3. The lowest BCUT2D eigenvalue weighted by Crippen LogP contribution is -2.44. The summed E-state index contributed by atoms with van der Waals surface area (Å²) in [6.45, 7) is 0. The maximum atomic E-state index is 11.3. The molecule has 2 aliphatic rings. The molecule has 1 atom stereocenters. The Kier molecular flexibility index (Phi) is 4.06. The fourth-order valence-electron chi connectivity index (χ4n) is 3.75. The van der Waals surface area contributed by atoms with Gasteiger partial charge in [0.2, 0.25) is 0 Å². The molecule has 0 N–H and O–H groups in total. The quantitative estimate of drug-likeness (QED) is 0.439. The van der Waals surface area contributed by atoms with Crippen LogP contribution in [0.5, 0.6) is 17.2 Å². The Hall–Kier alpha value is -4.06. The van der Waals surface area contributed by atoms with Crippen molar-refractivity contribution in [1.29, 1.82) is 0 Å². The average Bonchev–Trinajstić information content (AvgIpc) is 2.78. The van der Waals surface area contributed by atoms with E-state index >= 15 is 0 Å². The first-order valence-corrected chi connectivity index (χ1v) is 9.40. The summed E-state index contributed by atoms with van der Waals surface area (Å²) in [6.07, 6.45) is 5.60. The summed E-state index contributed by atoms with van der Waals surface area (Å²) in [7, 11) is 1.46. The number of fused-ring (bicyclic) bond motifs is 2. The largest absolute Gasteiger partial charge is 0.493 e. The van der Waals surface area contributed by atoms with Crippen molar-refractivity contribution >= 4 is 23.4 Å². The third-order valence-corrected chi connectivity index (χ3v) is 5.18. The Morgan fingerprint density at radius 3 is 2.50 bits per heavy atom. The van der Waals surface area contributed by atoms with Gasteiger partial charge in [0.15, 0.2) is 11.5 Å². The van der Waals surface area contributed by atoms with E-state index in [1.54, 1.807) is 12.2 Å². The van der Waals surface area contributed by atoms with E-state index in [9.17, 15) is 10.1 Å². The number of hydrogen-bond acceptors (Lipinski definition) is 5. The number of methoxy groups -OCH3 is 1. The first-order chi connectivity index (χ1) is 14.6. The normalized spacial score (nSPS) is 18.5. The Balaban J connectivity index is 1.69. The first-order valence-electron chi connectivity index (χ1n) is 9.40. The summed E-state index contributed by atoms with van der Waals surface area (Å²) >= 11 is 0. The molecule has 1 unspecified atom stereocenters. The molecule has 0 saturated heterocycles. The van der Waals surface area contributed by atoms with E-state index in [-0.39, 0.29) is 11.4 Å². The van der Waals surface area contributed by atoms with E-state index in [4.69, 9.17) is 14.2 Å². The van der Waals surface area contributed by atoms with E-state index < -0.39 is 10.7 Å². The van der Waals surface area contributed by atoms with E-state index in [0.717, 1.165) is 16.7 Å². The molecule has 0 bridgehead atoms. The molecule has 0 radical (unpaired) electrons. The van der Waals surface area contributed by atoms with Crippen molar-refractivity contribution in [2.45, 2.75) is 5.79 Å². The summed E-state index contributed by atoms with van der Waals surface area (Å²) < 4.78 is 18.2. The van der Waals surface area contributed by atoms with Gasteiger partial charge in [0.25, 0.3) is 11.5 Å². The van der Waals surface area contributed by atoms with Crippen LogP contribution in [0, 0.1) is 10.1 Å². The van der Waals surface area contributed by atoms with Crippen LogP contribution < -0.4 is 14.2 Å². The van der Waals surface area contributed by atoms with Crippen LogP contribution in [0.3, 0.4) is 0 Å². The fourth-order valence-corrected chi connectivity index (χ4v) is 3.75. The predicted octanol–water partition coefficient (Wildman–Crippen LogP) is 5.34. The van der Waals surface area contributed by atoms with Crippen molar-refractivity contribution in [1.82, 2.24) is 0 Å². The van der Waals surface area contributed by atoms with Crippen molar-refractivity contribution in [3.05, 3.63) is 99.6 Å². The third kappa shape index (κ3) is 2.81. The maximum Gasteiger partial charge on any atom is 0.299 e. The molecule has 0 amide bonds. The minimum absolute atomic E-state index is 0.0662. The number of hydrogen-bond donors (Lipinski definition) is 0. The molecular weight excluding hydrogens is 382 g/mol. The van der Waals surface area contributed by atoms with Gasteiger partial charge in [-0.05, 0) is 23.8 Å². The Morgan fingerprint density at radius 2 is 1.73 bits per heavy atom. The van der Waals surface area contributed by atoms with E-state index in [0.29, 0.717) is 17.1 Å². The highest BCUT2D eigenvalue weighted by Crippen LogP contribution is 2.49. The van der Waals surface area contributed by atoms with Crippen LogP contribution in [0.25, 0.3) is 17.7 Å². The molecule has 30 heavy (non-hydrogen) atoms. The Bertz CT molecular complexity index is 1220. The number of non-ortho nitro benzene ring substituents is 1. The fraction of sp³-hybridized carbons (Fsp3) is 0.0833. The number of nitro groups is 1.